The Balaban J connectivity index is 2.34. The monoisotopic (exact) mass is 251 g/mol. The predicted molar refractivity (Wildman–Crippen MR) is 75.1 cm³/mol. The average molecular weight is 251 g/mol. The molecule has 0 spiro atoms. The van der Waals surface area contributed by atoms with Gasteiger partial charge in [-0.2, -0.15) is 0 Å². The Morgan fingerprint density at radius 3 is 2.61 bits per heavy atom. The van der Waals surface area contributed by atoms with Crippen LogP contribution < -0.4 is 10.1 Å². The highest BCUT2D eigenvalue weighted by molar-refractivity contribution is 5.30. The smallest absolute Gasteiger partial charge is 0.119 e. The third kappa shape index (κ3) is 5.52. The van der Waals surface area contributed by atoms with E-state index in [2.05, 4.69) is 38.2 Å². The van der Waals surface area contributed by atoms with Crippen LogP contribution in [0.5, 0.6) is 5.75 Å². The van der Waals surface area contributed by atoms with Crippen molar-refractivity contribution in [2.24, 2.45) is 5.92 Å². The Morgan fingerprint density at radius 1 is 1.17 bits per heavy atom. The van der Waals surface area contributed by atoms with E-state index in [1.54, 1.807) is 0 Å². The minimum atomic E-state index is 0.339. The molecule has 3 heteroatoms. The zero-order chi connectivity index (χ0) is 13.4. The van der Waals surface area contributed by atoms with Crippen LogP contribution in [0.3, 0.4) is 0 Å². The van der Waals surface area contributed by atoms with E-state index in [1.165, 1.54) is 5.56 Å². The molecule has 1 rings (SSSR count). The van der Waals surface area contributed by atoms with Crippen LogP contribution in [0.25, 0.3) is 0 Å². The second-order valence-corrected chi connectivity index (χ2v) is 4.90. The maximum Gasteiger partial charge on any atom is 0.119 e. The van der Waals surface area contributed by atoms with Gasteiger partial charge in [0.15, 0.2) is 0 Å². The lowest BCUT2D eigenvalue weighted by molar-refractivity contribution is 0.0818. The summed E-state index contributed by atoms with van der Waals surface area (Å²) in [5.41, 5.74) is 1.23. The van der Waals surface area contributed by atoms with Gasteiger partial charge in [-0.1, -0.05) is 26.0 Å². The van der Waals surface area contributed by atoms with E-state index in [9.17, 15) is 0 Å². The molecule has 3 nitrogen and oxygen atoms in total. The van der Waals surface area contributed by atoms with Gasteiger partial charge in [0.2, 0.25) is 0 Å². The SMILES string of the molecule is CNC(C)c1cccc(OCCOCC(C)C)c1. The van der Waals surface area contributed by atoms with Gasteiger partial charge in [-0.15, -0.1) is 0 Å². The predicted octanol–water partition coefficient (Wildman–Crippen LogP) is 3.02. The normalized spacial score (nSPS) is 12.7. The lowest BCUT2D eigenvalue weighted by Gasteiger charge is -2.13. The van der Waals surface area contributed by atoms with Crippen LogP contribution in [0.2, 0.25) is 0 Å². The zero-order valence-electron chi connectivity index (χ0n) is 11.9. The van der Waals surface area contributed by atoms with E-state index >= 15 is 0 Å². The van der Waals surface area contributed by atoms with E-state index < -0.39 is 0 Å². The Bertz CT molecular complexity index is 339. The summed E-state index contributed by atoms with van der Waals surface area (Å²) in [6.07, 6.45) is 0. The van der Waals surface area contributed by atoms with Gasteiger partial charge in [-0.3, -0.25) is 0 Å². The quantitative estimate of drug-likeness (QED) is 0.720. The molecule has 1 atom stereocenters. The molecule has 0 heterocycles. The lowest BCUT2D eigenvalue weighted by Crippen LogP contribution is -2.13. The highest BCUT2D eigenvalue weighted by Crippen LogP contribution is 2.18. The highest BCUT2D eigenvalue weighted by Gasteiger charge is 2.03. The number of hydrogen-bond donors (Lipinski definition) is 1. The molecular formula is C15H25NO2. The summed E-state index contributed by atoms with van der Waals surface area (Å²) in [7, 11) is 1.96. The van der Waals surface area contributed by atoms with Crippen LogP contribution >= 0.6 is 0 Å². The van der Waals surface area contributed by atoms with Crippen molar-refractivity contribution in [2.45, 2.75) is 26.8 Å². The Labute approximate surface area is 110 Å². The average Bonchev–Trinajstić information content (AvgIpc) is 2.37. The summed E-state index contributed by atoms with van der Waals surface area (Å²) < 4.78 is 11.1. The van der Waals surface area contributed by atoms with Crippen molar-refractivity contribution in [1.82, 2.24) is 5.32 Å². The topological polar surface area (TPSA) is 30.5 Å². The second-order valence-electron chi connectivity index (χ2n) is 4.90. The van der Waals surface area contributed by atoms with Crippen molar-refractivity contribution >= 4 is 0 Å². The van der Waals surface area contributed by atoms with Gasteiger partial charge in [0.25, 0.3) is 0 Å². The highest BCUT2D eigenvalue weighted by atomic mass is 16.5. The summed E-state index contributed by atoms with van der Waals surface area (Å²) in [5.74, 6) is 1.48. The molecule has 0 amide bonds. The Hall–Kier alpha value is -1.06. The molecule has 0 saturated heterocycles. The van der Waals surface area contributed by atoms with Crippen molar-refractivity contribution < 1.29 is 9.47 Å². The molecule has 1 unspecified atom stereocenters. The zero-order valence-corrected chi connectivity index (χ0v) is 11.9. The van der Waals surface area contributed by atoms with E-state index in [-0.39, 0.29) is 0 Å². The van der Waals surface area contributed by atoms with Gasteiger partial charge in [0.05, 0.1) is 6.61 Å². The molecule has 1 aromatic carbocycles. The minimum Gasteiger partial charge on any atom is -0.491 e. The summed E-state index contributed by atoms with van der Waals surface area (Å²) in [6.45, 7) is 8.45. The maximum atomic E-state index is 5.67. The van der Waals surface area contributed by atoms with Crippen molar-refractivity contribution in [3.63, 3.8) is 0 Å². The first-order valence-corrected chi connectivity index (χ1v) is 6.61. The van der Waals surface area contributed by atoms with Crippen LogP contribution in [0.4, 0.5) is 0 Å². The fourth-order valence-electron chi connectivity index (χ4n) is 1.58. The number of ether oxygens (including phenoxy) is 2. The first-order valence-electron chi connectivity index (χ1n) is 6.61. The number of benzene rings is 1. The minimum absolute atomic E-state index is 0.339. The molecule has 0 aromatic heterocycles. The Kier molecular flexibility index (Phi) is 6.76. The van der Waals surface area contributed by atoms with Gasteiger partial charge < -0.3 is 14.8 Å². The van der Waals surface area contributed by atoms with E-state index in [4.69, 9.17) is 9.47 Å². The lowest BCUT2D eigenvalue weighted by atomic mass is 10.1. The molecule has 0 fully saturated rings. The largest absolute Gasteiger partial charge is 0.491 e. The summed E-state index contributed by atoms with van der Waals surface area (Å²) >= 11 is 0. The number of nitrogens with one attached hydrogen (secondary N) is 1. The van der Waals surface area contributed by atoms with Crippen LogP contribution in [-0.2, 0) is 4.74 Å². The van der Waals surface area contributed by atoms with Crippen LogP contribution in [-0.4, -0.2) is 26.9 Å². The van der Waals surface area contributed by atoms with Crippen molar-refractivity contribution in [3.05, 3.63) is 29.8 Å². The first-order chi connectivity index (χ1) is 8.63. The molecule has 0 radical (unpaired) electrons. The van der Waals surface area contributed by atoms with Crippen molar-refractivity contribution in [2.75, 3.05) is 26.9 Å². The van der Waals surface area contributed by atoms with E-state index in [1.807, 2.05) is 19.2 Å². The fourth-order valence-corrected chi connectivity index (χ4v) is 1.58. The first kappa shape index (κ1) is 15.0. The molecule has 0 aliphatic carbocycles. The number of rotatable bonds is 8. The molecule has 0 bridgehead atoms. The van der Waals surface area contributed by atoms with Crippen molar-refractivity contribution in [3.8, 4) is 5.75 Å². The molecule has 1 N–H and O–H groups in total. The standard InChI is InChI=1S/C15H25NO2/c1-12(2)11-17-8-9-18-15-7-5-6-14(10-15)13(3)16-4/h5-7,10,12-13,16H,8-9,11H2,1-4H3. The summed E-state index contributed by atoms with van der Waals surface area (Å²) in [4.78, 5) is 0. The molecule has 0 aliphatic heterocycles. The van der Waals surface area contributed by atoms with Crippen molar-refractivity contribution in [1.29, 1.82) is 0 Å². The molecule has 0 saturated carbocycles. The molecule has 102 valence electrons. The van der Waals surface area contributed by atoms with Gasteiger partial charge in [0.1, 0.15) is 12.4 Å². The fraction of sp³-hybridized carbons (Fsp3) is 0.600. The van der Waals surface area contributed by atoms with Crippen LogP contribution in [0.1, 0.15) is 32.4 Å². The van der Waals surface area contributed by atoms with E-state index in [0.717, 1.165) is 12.4 Å². The third-order valence-electron chi connectivity index (χ3n) is 2.74. The van der Waals surface area contributed by atoms with Gasteiger partial charge in [-0.25, -0.2) is 0 Å². The maximum absolute atomic E-state index is 5.67. The van der Waals surface area contributed by atoms with Crippen LogP contribution in [0.15, 0.2) is 24.3 Å². The van der Waals surface area contributed by atoms with Gasteiger partial charge >= 0.3 is 0 Å². The molecule has 1 aromatic rings. The van der Waals surface area contributed by atoms with Crippen LogP contribution in [0, 0.1) is 5.92 Å². The second kappa shape index (κ2) is 8.11. The Morgan fingerprint density at radius 2 is 1.94 bits per heavy atom. The molecule has 0 aliphatic rings. The van der Waals surface area contributed by atoms with Gasteiger partial charge in [-0.05, 0) is 37.6 Å². The molecule has 18 heavy (non-hydrogen) atoms. The number of hydrogen-bond acceptors (Lipinski definition) is 3. The third-order valence-corrected chi connectivity index (χ3v) is 2.74. The summed E-state index contributed by atoms with van der Waals surface area (Å²) in [5, 5.41) is 3.22. The van der Waals surface area contributed by atoms with Gasteiger partial charge in [0, 0.05) is 12.6 Å². The summed E-state index contributed by atoms with van der Waals surface area (Å²) in [6, 6.07) is 8.51. The van der Waals surface area contributed by atoms with E-state index in [0.29, 0.717) is 25.2 Å². The molecular weight excluding hydrogens is 226 g/mol.